The number of benzene rings is 1. The van der Waals surface area contributed by atoms with E-state index in [4.69, 9.17) is 0 Å². The third-order valence-electron chi connectivity index (χ3n) is 5.42. The van der Waals surface area contributed by atoms with Crippen LogP contribution < -0.4 is 10.6 Å². The summed E-state index contributed by atoms with van der Waals surface area (Å²) in [5.41, 5.74) is 3.83. The molecule has 0 bridgehead atoms. The number of carbonyl (C=O) groups is 1. The molecule has 1 fully saturated rings. The van der Waals surface area contributed by atoms with Gasteiger partial charge in [0.2, 0.25) is 5.91 Å². The zero-order chi connectivity index (χ0) is 15.0. The van der Waals surface area contributed by atoms with Gasteiger partial charge in [0.1, 0.15) is 0 Å². The van der Waals surface area contributed by atoms with Crippen molar-refractivity contribution in [2.45, 2.75) is 52.0 Å². The van der Waals surface area contributed by atoms with E-state index in [1.165, 1.54) is 31.2 Å². The Bertz CT molecular complexity index is 550. The first kappa shape index (κ1) is 14.6. The molecule has 2 aliphatic rings. The summed E-state index contributed by atoms with van der Waals surface area (Å²) in [5.74, 6) is 0.764. The van der Waals surface area contributed by atoms with E-state index in [2.05, 4.69) is 49.7 Å². The molecule has 0 spiro atoms. The Hall–Kier alpha value is -1.35. The fourth-order valence-electron chi connectivity index (χ4n) is 4.18. The summed E-state index contributed by atoms with van der Waals surface area (Å²) in [5, 5.41) is 6.46. The van der Waals surface area contributed by atoms with Crippen LogP contribution in [0.5, 0.6) is 0 Å². The summed E-state index contributed by atoms with van der Waals surface area (Å²) in [6, 6.07) is 6.84. The quantitative estimate of drug-likeness (QED) is 0.890. The van der Waals surface area contributed by atoms with Gasteiger partial charge in [0, 0.05) is 11.7 Å². The van der Waals surface area contributed by atoms with Crippen molar-refractivity contribution in [3.05, 3.63) is 29.3 Å². The second-order valence-corrected chi connectivity index (χ2v) is 7.25. The van der Waals surface area contributed by atoms with E-state index in [9.17, 15) is 4.79 Å². The smallest absolute Gasteiger partial charge is 0.228 e. The number of fused-ring (bicyclic) bond motifs is 1. The summed E-state index contributed by atoms with van der Waals surface area (Å²) < 4.78 is 0. The van der Waals surface area contributed by atoms with Gasteiger partial charge in [-0.05, 0) is 48.4 Å². The highest BCUT2D eigenvalue weighted by Gasteiger charge is 2.37. The van der Waals surface area contributed by atoms with Crippen LogP contribution in [-0.4, -0.2) is 13.0 Å². The molecule has 3 nitrogen and oxygen atoms in total. The van der Waals surface area contributed by atoms with Crippen molar-refractivity contribution in [2.75, 3.05) is 12.4 Å². The molecule has 3 heteroatoms. The van der Waals surface area contributed by atoms with Crippen molar-refractivity contribution in [2.24, 2.45) is 11.3 Å². The first-order valence-electron chi connectivity index (χ1n) is 8.11. The molecular formula is C18H26N2O. The van der Waals surface area contributed by atoms with Gasteiger partial charge in [0.25, 0.3) is 0 Å². The maximum atomic E-state index is 11.5. The van der Waals surface area contributed by atoms with Gasteiger partial charge in [0.05, 0.1) is 6.42 Å². The predicted octanol–water partition coefficient (Wildman–Crippen LogP) is 3.66. The van der Waals surface area contributed by atoms with Crippen molar-refractivity contribution >= 4 is 11.6 Å². The topological polar surface area (TPSA) is 41.1 Å². The summed E-state index contributed by atoms with van der Waals surface area (Å²) >= 11 is 0. The number of carbonyl (C=O) groups excluding carboxylic acids is 1. The zero-order valence-electron chi connectivity index (χ0n) is 13.3. The number of hydrogen-bond acceptors (Lipinski definition) is 2. The summed E-state index contributed by atoms with van der Waals surface area (Å²) in [7, 11) is 2.06. The van der Waals surface area contributed by atoms with Gasteiger partial charge in [-0.2, -0.15) is 0 Å². The highest BCUT2D eigenvalue weighted by molar-refractivity contribution is 5.99. The Morgan fingerprint density at radius 1 is 1.33 bits per heavy atom. The minimum absolute atomic E-state index is 0.112. The Balaban J connectivity index is 1.90. The SMILES string of the molecule is CNC(c1ccc2c(c1)CC(=O)N2)C1CCCCC1(C)C. The number of hydrogen-bond donors (Lipinski definition) is 2. The standard InChI is InChI=1S/C18H26N2O/c1-18(2)9-5-4-6-14(18)17(19-3)12-7-8-15-13(10-12)11-16(21)20-15/h7-8,10,14,17,19H,4-6,9,11H2,1-3H3,(H,20,21). The van der Waals surface area contributed by atoms with Crippen LogP contribution in [0.3, 0.4) is 0 Å². The summed E-state index contributed by atoms with van der Waals surface area (Å²) in [6.07, 6.45) is 5.79. The lowest BCUT2D eigenvalue weighted by Gasteiger charge is -2.43. The van der Waals surface area contributed by atoms with Crippen LogP contribution in [0.1, 0.15) is 56.7 Å². The molecule has 1 aliphatic carbocycles. The van der Waals surface area contributed by atoms with E-state index in [0.29, 0.717) is 23.8 Å². The average Bonchev–Trinajstić information content (AvgIpc) is 2.80. The fourth-order valence-corrected chi connectivity index (χ4v) is 4.18. The normalized spacial score (nSPS) is 25.3. The molecule has 1 heterocycles. The lowest BCUT2D eigenvalue weighted by molar-refractivity contribution is -0.115. The van der Waals surface area contributed by atoms with Gasteiger partial charge in [-0.25, -0.2) is 0 Å². The van der Waals surface area contributed by atoms with Gasteiger partial charge in [-0.1, -0.05) is 38.8 Å². The van der Waals surface area contributed by atoms with Gasteiger partial charge in [0.15, 0.2) is 0 Å². The van der Waals surface area contributed by atoms with Crippen molar-refractivity contribution in [1.29, 1.82) is 0 Å². The largest absolute Gasteiger partial charge is 0.326 e. The molecule has 0 saturated heterocycles. The van der Waals surface area contributed by atoms with Crippen LogP contribution in [-0.2, 0) is 11.2 Å². The zero-order valence-corrected chi connectivity index (χ0v) is 13.3. The molecule has 1 aromatic carbocycles. The minimum Gasteiger partial charge on any atom is -0.326 e. The Morgan fingerprint density at radius 3 is 2.86 bits per heavy atom. The molecule has 21 heavy (non-hydrogen) atoms. The van der Waals surface area contributed by atoms with Gasteiger partial charge >= 0.3 is 0 Å². The Morgan fingerprint density at radius 2 is 2.14 bits per heavy atom. The van der Waals surface area contributed by atoms with Crippen LogP contribution in [0.15, 0.2) is 18.2 Å². The number of anilines is 1. The highest BCUT2D eigenvalue weighted by atomic mass is 16.1. The molecule has 1 amide bonds. The van der Waals surface area contributed by atoms with Crippen molar-refractivity contribution in [3.63, 3.8) is 0 Å². The molecule has 3 rings (SSSR count). The molecule has 2 unspecified atom stereocenters. The average molecular weight is 286 g/mol. The number of rotatable bonds is 3. The molecule has 2 atom stereocenters. The van der Waals surface area contributed by atoms with Gasteiger partial charge < -0.3 is 10.6 Å². The molecule has 2 N–H and O–H groups in total. The minimum atomic E-state index is 0.112. The van der Waals surface area contributed by atoms with E-state index in [-0.39, 0.29) is 5.91 Å². The first-order chi connectivity index (χ1) is 10.0. The molecule has 1 aliphatic heterocycles. The second kappa shape index (κ2) is 5.45. The second-order valence-electron chi connectivity index (χ2n) is 7.25. The molecule has 1 saturated carbocycles. The fraction of sp³-hybridized carbons (Fsp3) is 0.611. The molecule has 114 valence electrons. The van der Waals surface area contributed by atoms with Crippen molar-refractivity contribution in [3.8, 4) is 0 Å². The van der Waals surface area contributed by atoms with E-state index in [0.717, 1.165) is 11.3 Å². The van der Waals surface area contributed by atoms with Crippen LogP contribution in [0.25, 0.3) is 0 Å². The number of amides is 1. The summed E-state index contributed by atoms with van der Waals surface area (Å²) in [4.78, 5) is 11.5. The van der Waals surface area contributed by atoms with E-state index >= 15 is 0 Å². The van der Waals surface area contributed by atoms with Crippen molar-refractivity contribution in [1.82, 2.24) is 5.32 Å². The van der Waals surface area contributed by atoms with Gasteiger partial charge in [-0.3, -0.25) is 4.79 Å². The van der Waals surface area contributed by atoms with Crippen LogP contribution in [0.4, 0.5) is 5.69 Å². The van der Waals surface area contributed by atoms with E-state index in [1.54, 1.807) is 0 Å². The van der Waals surface area contributed by atoms with Crippen LogP contribution in [0.2, 0.25) is 0 Å². The lowest BCUT2D eigenvalue weighted by Crippen LogP contribution is -2.37. The van der Waals surface area contributed by atoms with Crippen LogP contribution in [0, 0.1) is 11.3 Å². The maximum Gasteiger partial charge on any atom is 0.228 e. The van der Waals surface area contributed by atoms with Gasteiger partial charge in [-0.15, -0.1) is 0 Å². The Kier molecular flexibility index (Phi) is 3.78. The molecular weight excluding hydrogens is 260 g/mol. The molecule has 1 aromatic rings. The van der Waals surface area contributed by atoms with Crippen molar-refractivity contribution < 1.29 is 4.79 Å². The number of nitrogens with one attached hydrogen (secondary N) is 2. The third-order valence-corrected chi connectivity index (χ3v) is 5.42. The first-order valence-corrected chi connectivity index (χ1v) is 8.11. The van der Waals surface area contributed by atoms with E-state index in [1.807, 2.05) is 0 Å². The lowest BCUT2D eigenvalue weighted by atomic mass is 9.64. The predicted molar refractivity (Wildman–Crippen MR) is 86.3 cm³/mol. The molecule has 0 aromatic heterocycles. The van der Waals surface area contributed by atoms with E-state index < -0.39 is 0 Å². The maximum absolute atomic E-state index is 11.5. The Labute approximate surface area is 127 Å². The highest BCUT2D eigenvalue weighted by Crippen LogP contribution is 2.47. The molecule has 0 radical (unpaired) electrons. The summed E-state index contributed by atoms with van der Waals surface area (Å²) in [6.45, 7) is 4.80. The van der Waals surface area contributed by atoms with Crippen LogP contribution >= 0.6 is 0 Å². The third kappa shape index (κ3) is 2.71. The monoisotopic (exact) mass is 286 g/mol.